The van der Waals surface area contributed by atoms with Crippen molar-refractivity contribution in [1.82, 2.24) is 10.2 Å². The van der Waals surface area contributed by atoms with Gasteiger partial charge in [-0.3, -0.25) is 4.90 Å². The van der Waals surface area contributed by atoms with E-state index in [-0.39, 0.29) is 0 Å². The van der Waals surface area contributed by atoms with E-state index in [1.54, 1.807) is 0 Å². The van der Waals surface area contributed by atoms with Crippen molar-refractivity contribution in [2.75, 3.05) is 19.6 Å². The van der Waals surface area contributed by atoms with Crippen molar-refractivity contribution >= 4 is 11.3 Å². The van der Waals surface area contributed by atoms with Crippen LogP contribution in [0.25, 0.3) is 0 Å². The molecule has 1 aromatic heterocycles. The molecule has 0 amide bonds. The molecule has 3 heteroatoms. The van der Waals surface area contributed by atoms with Crippen LogP contribution in [0.1, 0.15) is 30.3 Å². The smallest absolute Gasteiger partial charge is 0.0417 e. The summed E-state index contributed by atoms with van der Waals surface area (Å²) >= 11 is 1.89. The molecule has 2 rings (SSSR count). The molecular formula is C12H20N2S. The topological polar surface area (TPSA) is 15.3 Å². The highest BCUT2D eigenvalue weighted by molar-refractivity contribution is 7.10. The summed E-state index contributed by atoms with van der Waals surface area (Å²) in [5.74, 6) is 0. The van der Waals surface area contributed by atoms with Crippen LogP contribution in [0.3, 0.4) is 0 Å². The molecule has 15 heavy (non-hydrogen) atoms. The van der Waals surface area contributed by atoms with Crippen LogP contribution in [0.2, 0.25) is 0 Å². The number of hydrogen-bond donors (Lipinski definition) is 1. The Labute approximate surface area is 96.3 Å². The average Bonchev–Trinajstić information content (AvgIpc) is 2.63. The Kier molecular flexibility index (Phi) is 3.44. The largest absolute Gasteiger partial charge is 0.312 e. The maximum absolute atomic E-state index is 3.49. The van der Waals surface area contributed by atoms with Gasteiger partial charge in [0.05, 0.1) is 0 Å². The molecule has 0 bridgehead atoms. The molecule has 1 aromatic rings. The van der Waals surface area contributed by atoms with Gasteiger partial charge in [0.1, 0.15) is 0 Å². The second-order valence-corrected chi connectivity index (χ2v) is 5.44. The third-order valence-corrected chi connectivity index (χ3v) is 4.42. The zero-order valence-electron chi connectivity index (χ0n) is 9.79. The summed E-state index contributed by atoms with van der Waals surface area (Å²) in [6.45, 7) is 10.3. The van der Waals surface area contributed by atoms with Gasteiger partial charge >= 0.3 is 0 Å². The molecule has 0 aliphatic carbocycles. The lowest BCUT2D eigenvalue weighted by molar-refractivity contribution is 0.160. The lowest BCUT2D eigenvalue weighted by Crippen LogP contribution is -2.49. The maximum Gasteiger partial charge on any atom is 0.0417 e. The first-order valence-electron chi connectivity index (χ1n) is 5.70. The summed E-state index contributed by atoms with van der Waals surface area (Å²) in [6.07, 6.45) is 0. The summed E-state index contributed by atoms with van der Waals surface area (Å²) in [7, 11) is 0. The van der Waals surface area contributed by atoms with Gasteiger partial charge in [-0.25, -0.2) is 0 Å². The molecular weight excluding hydrogens is 204 g/mol. The van der Waals surface area contributed by atoms with Crippen LogP contribution < -0.4 is 5.32 Å². The van der Waals surface area contributed by atoms with E-state index in [1.165, 1.54) is 23.5 Å². The number of rotatable bonds is 2. The van der Waals surface area contributed by atoms with Gasteiger partial charge in [-0.1, -0.05) is 0 Å². The Bertz CT molecular complexity index is 321. The second kappa shape index (κ2) is 4.64. The van der Waals surface area contributed by atoms with Crippen LogP contribution in [-0.4, -0.2) is 30.6 Å². The van der Waals surface area contributed by atoms with E-state index in [4.69, 9.17) is 0 Å². The minimum absolute atomic E-state index is 0.578. The lowest BCUT2D eigenvalue weighted by atomic mass is 10.1. The molecule has 1 aliphatic rings. The first-order valence-corrected chi connectivity index (χ1v) is 6.58. The van der Waals surface area contributed by atoms with E-state index in [2.05, 4.69) is 42.4 Å². The predicted molar refractivity (Wildman–Crippen MR) is 66.5 cm³/mol. The fourth-order valence-corrected chi connectivity index (χ4v) is 3.31. The van der Waals surface area contributed by atoms with E-state index >= 15 is 0 Å². The second-order valence-electron chi connectivity index (χ2n) is 4.49. The molecule has 0 spiro atoms. The van der Waals surface area contributed by atoms with Gasteiger partial charge in [0.2, 0.25) is 0 Å². The van der Waals surface area contributed by atoms with Crippen LogP contribution >= 0.6 is 11.3 Å². The normalized spacial score (nSPS) is 25.4. The number of piperazine rings is 1. The zero-order valence-corrected chi connectivity index (χ0v) is 10.6. The van der Waals surface area contributed by atoms with Crippen LogP contribution in [-0.2, 0) is 0 Å². The SMILES string of the molecule is Cc1ccsc1C(C)N1CCNC(C)C1. The number of hydrogen-bond acceptors (Lipinski definition) is 3. The summed E-state index contributed by atoms with van der Waals surface area (Å²) in [5.41, 5.74) is 1.44. The number of nitrogens with zero attached hydrogens (tertiary/aromatic N) is 1. The molecule has 2 unspecified atom stereocenters. The molecule has 2 atom stereocenters. The van der Waals surface area contributed by atoms with E-state index in [9.17, 15) is 0 Å². The third kappa shape index (κ3) is 2.41. The van der Waals surface area contributed by atoms with Gasteiger partial charge < -0.3 is 5.32 Å². The van der Waals surface area contributed by atoms with Crippen molar-refractivity contribution < 1.29 is 0 Å². The van der Waals surface area contributed by atoms with Crippen molar-refractivity contribution in [3.8, 4) is 0 Å². The lowest BCUT2D eigenvalue weighted by Gasteiger charge is -2.36. The third-order valence-electron chi connectivity index (χ3n) is 3.23. The minimum Gasteiger partial charge on any atom is -0.312 e. The Balaban J connectivity index is 2.07. The zero-order chi connectivity index (χ0) is 10.8. The van der Waals surface area contributed by atoms with Gasteiger partial charge in [0.25, 0.3) is 0 Å². The summed E-state index contributed by atoms with van der Waals surface area (Å²) in [4.78, 5) is 4.11. The van der Waals surface area contributed by atoms with Gasteiger partial charge in [0, 0.05) is 36.6 Å². The molecule has 2 heterocycles. The molecule has 0 saturated carbocycles. The van der Waals surface area contributed by atoms with Crippen LogP contribution in [0.15, 0.2) is 11.4 Å². The molecule has 1 N–H and O–H groups in total. The van der Waals surface area contributed by atoms with E-state index in [0.29, 0.717) is 12.1 Å². The highest BCUT2D eigenvalue weighted by Crippen LogP contribution is 2.28. The number of thiophene rings is 1. The van der Waals surface area contributed by atoms with E-state index in [0.717, 1.165) is 6.54 Å². The summed E-state index contributed by atoms with van der Waals surface area (Å²) in [5, 5.41) is 5.69. The Hall–Kier alpha value is -0.380. The highest BCUT2D eigenvalue weighted by atomic mass is 32.1. The maximum atomic E-state index is 3.49. The van der Waals surface area contributed by atoms with Gasteiger partial charge in [0.15, 0.2) is 0 Å². The first-order chi connectivity index (χ1) is 7.18. The van der Waals surface area contributed by atoms with Gasteiger partial charge in [-0.15, -0.1) is 11.3 Å². The summed E-state index contributed by atoms with van der Waals surface area (Å²) in [6, 6.07) is 3.43. The minimum atomic E-state index is 0.578. The van der Waals surface area contributed by atoms with Gasteiger partial charge in [-0.2, -0.15) is 0 Å². The Morgan fingerprint density at radius 2 is 2.40 bits per heavy atom. The van der Waals surface area contributed by atoms with Crippen molar-refractivity contribution in [2.24, 2.45) is 0 Å². The molecule has 1 fully saturated rings. The Morgan fingerprint density at radius 1 is 1.60 bits per heavy atom. The van der Waals surface area contributed by atoms with Crippen molar-refractivity contribution in [1.29, 1.82) is 0 Å². The number of nitrogens with one attached hydrogen (secondary N) is 1. The van der Waals surface area contributed by atoms with Crippen LogP contribution in [0.5, 0.6) is 0 Å². The Morgan fingerprint density at radius 3 is 3.00 bits per heavy atom. The molecule has 1 aliphatic heterocycles. The first kappa shape index (κ1) is 11.1. The van der Waals surface area contributed by atoms with Crippen molar-refractivity contribution in [3.63, 3.8) is 0 Å². The average molecular weight is 224 g/mol. The quantitative estimate of drug-likeness (QED) is 0.830. The van der Waals surface area contributed by atoms with E-state index in [1.807, 2.05) is 11.3 Å². The highest BCUT2D eigenvalue weighted by Gasteiger charge is 2.22. The van der Waals surface area contributed by atoms with Crippen molar-refractivity contribution in [2.45, 2.75) is 32.9 Å². The van der Waals surface area contributed by atoms with Crippen molar-refractivity contribution in [3.05, 3.63) is 21.9 Å². The van der Waals surface area contributed by atoms with Gasteiger partial charge in [-0.05, 0) is 37.8 Å². The predicted octanol–water partition coefficient (Wildman–Crippen LogP) is 2.41. The number of aryl methyl sites for hydroxylation is 1. The molecule has 84 valence electrons. The fourth-order valence-electron chi connectivity index (χ4n) is 2.29. The standard InChI is InChI=1S/C12H20N2S/c1-9-4-7-15-12(9)11(3)14-6-5-13-10(2)8-14/h4,7,10-11,13H,5-6,8H2,1-3H3. The molecule has 0 radical (unpaired) electrons. The van der Waals surface area contributed by atoms with E-state index < -0.39 is 0 Å². The van der Waals surface area contributed by atoms with Crippen LogP contribution in [0.4, 0.5) is 0 Å². The summed E-state index contributed by atoms with van der Waals surface area (Å²) < 4.78 is 0. The molecule has 1 saturated heterocycles. The fraction of sp³-hybridized carbons (Fsp3) is 0.667. The molecule has 0 aromatic carbocycles. The molecule has 2 nitrogen and oxygen atoms in total. The monoisotopic (exact) mass is 224 g/mol. The van der Waals surface area contributed by atoms with Crippen LogP contribution in [0, 0.1) is 6.92 Å².